The molecule has 0 saturated carbocycles. The molecule has 0 bridgehead atoms. The van der Waals surface area contributed by atoms with Crippen LogP contribution in [0.2, 0.25) is 0 Å². The number of hydrogen-bond donors (Lipinski definition) is 2. The zero-order chi connectivity index (χ0) is 15.2. The van der Waals surface area contributed by atoms with Gasteiger partial charge in [-0.05, 0) is 44.0 Å². The third kappa shape index (κ3) is 4.34. The second-order valence-electron chi connectivity index (χ2n) is 4.85. The minimum absolute atomic E-state index is 0.182. The van der Waals surface area contributed by atoms with Crippen LogP contribution < -0.4 is 5.32 Å². The van der Waals surface area contributed by atoms with Gasteiger partial charge in [-0.15, -0.1) is 0 Å². The number of aliphatic hydroxyl groups excluding tert-OH is 1. The zero-order valence-corrected chi connectivity index (χ0v) is 12.0. The molecule has 4 nitrogen and oxygen atoms in total. The molecule has 0 saturated heterocycles. The first-order valence-electron chi connectivity index (χ1n) is 6.83. The average molecular weight is 290 g/mol. The third-order valence-electron chi connectivity index (χ3n) is 3.17. The zero-order valence-electron chi connectivity index (χ0n) is 12.0. The molecular formula is C16H19FN2O2. The van der Waals surface area contributed by atoms with Gasteiger partial charge in [0.25, 0.3) is 0 Å². The number of ether oxygens (including phenoxy) is 1. The molecule has 0 radical (unpaired) electrons. The van der Waals surface area contributed by atoms with Crippen molar-refractivity contribution in [2.24, 2.45) is 4.99 Å². The summed E-state index contributed by atoms with van der Waals surface area (Å²) in [5.41, 5.74) is 1.67. The van der Waals surface area contributed by atoms with E-state index in [2.05, 4.69) is 16.9 Å². The predicted molar refractivity (Wildman–Crippen MR) is 80.3 cm³/mol. The summed E-state index contributed by atoms with van der Waals surface area (Å²) in [6.45, 7) is 6.29. The Hall–Kier alpha value is -2.30. The number of rotatable bonds is 4. The Labute approximate surface area is 123 Å². The van der Waals surface area contributed by atoms with Crippen molar-refractivity contribution in [2.75, 3.05) is 6.61 Å². The van der Waals surface area contributed by atoms with E-state index < -0.39 is 0 Å². The van der Waals surface area contributed by atoms with Crippen molar-refractivity contribution >= 4 is 5.84 Å². The SMILES string of the molecule is C=C(O)NC(=NCc1cccc(F)c1)C1=C(C)OCCC1. The summed E-state index contributed by atoms with van der Waals surface area (Å²) >= 11 is 0. The number of nitrogens with one attached hydrogen (secondary N) is 1. The molecule has 2 rings (SSSR count). The fraction of sp³-hybridized carbons (Fsp3) is 0.312. The number of allylic oxidation sites excluding steroid dienone is 1. The molecule has 1 aliphatic heterocycles. The Kier molecular flexibility index (Phi) is 4.98. The minimum atomic E-state index is -0.292. The Balaban J connectivity index is 2.23. The molecule has 1 heterocycles. The molecular weight excluding hydrogens is 271 g/mol. The summed E-state index contributed by atoms with van der Waals surface area (Å²) in [4.78, 5) is 4.43. The molecule has 21 heavy (non-hydrogen) atoms. The number of aliphatic imine (C=N–C) groups is 1. The highest BCUT2D eigenvalue weighted by molar-refractivity contribution is 5.99. The van der Waals surface area contributed by atoms with Crippen molar-refractivity contribution in [1.82, 2.24) is 5.32 Å². The monoisotopic (exact) mass is 290 g/mol. The van der Waals surface area contributed by atoms with E-state index in [0.29, 0.717) is 19.0 Å². The Morgan fingerprint density at radius 3 is 3.00 bits per heavy atom. The molecule has 0 atom stereocenters. The molecule has 0 aliphatic carbocycles. The summed E-state index contributed by atoms with van der Waals surface area (Å²) in [6, 6.07) is 6.28. The van der Waals surface area contributed by atoms with Crippen LogP contribution in [0.5, 0.6) is 0 Å². The van der Waals surface area contributed by atoms with E-state index in [1.165, 1.54) is 12.1 Å². The van der Waals surface area contributed by atoms with Crippen molar-refractivity contribution in [3.63, 3.8) is 0 Å². The van der Waals surface area contributed by atoms with Crippen LogP contribution in [0.15, 0.2) is 53.1 Å². The molecule has 0 aromatic heterocycles. The van der Waals surface area contributed by atoms with Crippen molar-refractivity contribution in [1.29, 1.82) is 0 Å². The Morgan fingerprint density at radius 2 is 2.33 bits per heavy atom. The molecule has 0 spiro atoms. The van der Waals surface area contributed by atoms with Gasteiger partial charge in [0.1, 0.15) is 11.7 Å². The van der Waals surface area contributed by atoms with Gasteiger partial charge in [-0.3, -0.25) is 4.99 Å². The molecule has 1 aromatic carbocycles. The first kappa shape index (κ1) is 15.1. The maximum Gasteiger partial charge on any atom is 0.182 e. The second-order valence-corrected chi connectivity index (χ2v) is 4.85. The average Bonchev–Trinajstić information content (AvgIpc) is 2.44. The van der Waals surface area contributed by atoms with Crippen LogP contribution in [0, 0.1) is 5.82 Å². The number of halogens is 1. The van der Waals surface area contributed by atoms with Crippen molar-refractivity contribution in [3.05, 3.63) is 59.4 Å². The highest BCUT2D eigenvalue weighted by atomic mass is 19.1. The number of benzene rings is 1. The van der Waals surface area contributed by atoms with Crippen LogP contribution in [0.3, 0.4) is 0 Å². The lowest BCUT2D eigenvalue weighted by atomic mass is 10.1. The molecule has 5 heteroatoms. The van der Waals surface area contributed by atoms with Crippen LogP contribution in [0.25, 0.3) is 0 Å². The summed E-state index contributed by atoms with van der Waals surface area (Å²) in [7, 11) is 0. The molecule has 1 aliphatic rings. The summed E-state index contributed by atoms with van der Waals surface area (Å²) < 4.78 is 18.7. The summed E-state index contributed by atoms with van der Waals surface area (Å²) in [5.74, 6) is 0.830. The lowest BCUT2D eigenvalue weighted by Crippen LogP contribution is -2.27. The Bertz CT molecular complexity index is 594. The number of amidine groups is 1. The van der Waals surface area contributed by atoms with Crippen molar-refractivity contribution < 1.29 is 14.2 Å². The van der Waals surface area contributed by atoms with Gasteiger partial charge >= 0.3 is 0 Å². The molecule has 0 unspecified atom stereocenters. The Morgan fingerprint density at radius 1 is 1.52 bits per heavy atom. The fourth-order valence-electron chi connectivity index (χ4n) is 2.18. The van der Waals surface area contributed by atoms with Crippen LogP contribution in [-0.4, -0.2) is 17.5 Å². The standard InChI is InChI=1S/C16H19FN2O2/c1-11-15(7-4-8-21-11)16(19-12(2)20)18-10-13-5-3-6-14(17)9-13/h3,5-6,9,20H,2,4,7-8,10H2,1H3,(H,18,19). The highest BCUT2D eigenvalue weighted by Gasteiger charge is 2.16. The largest absolute Gasteiger partial charge is 0.498 e. The van der Waals surface area contributed by atoms with E-state index in [1.807, 2.05) is 6.92 Å². The van der Waals surface area contributed by atoms with Gasteiger partial charge < -0.3 is 15.2 Å². The van der Waals surface area contributed by atoms with Crippen LogP contribution >= 0.6 is 0 Å². The van der Waals surface area contributed by atoms with Crippen LogP contribution in [0.4, 0.5) is 4.39 Å². The topological polar surface area (TPSA) is 53.8 Å². The maximum absolute atomic E-state index is 13.2. The van der Waals surface area contributed by atoms with Crippen LogP contribution in [-0.2, 0) is 11.3 Å². The summed E-state index contributed by atoms with van der Waals surface area (Å²) in [5, 5.41) is 12.1. The number of nitrogens with zero attached hydrogens (tertiary/aromatic N) is 1. The van der Waals surface area contributed by atoms with Gasteiger partial charge in [0.05, 0.1) is 18.9 Å². The maximum atomic E-state index is 13.2. The predicted octanol–water partition coefficient (Wildman–Crippen LogP) is 3.43. The first-order chi connectivity index (χ1) is 10.1. The van der Waals surface area contributed by atoms with Gasteiger partial charge in [0.15, 0.2) is 5.88 Å². The normalized spacial score (nSPS) is 15.6. The smallest absolute Gasteiger partial charge is 0.182 e. The number of aliphatic hydroxyl groups is 1. The lowest BCUT2D eigenvalue weighted by Gasteiger charge is -2.20. The minimum Gasteiger partial charge on any atom is -0.498 e. The van der Waals surface area contributed by atoms with Crippen molar-refractivity contribution in [2.45, 2.75) is 26.3 Å². The van der Waals surface area contributed by atoms with E-state index in [9.17, 15) is 9.50 Å². The van der Waals surface area contributed by atoms with Crippen molar-refractivity contribution in [3.8, 4) is 0 Å². The number of hydrogen-bond acceptors (Lipinski definition) is 3. The molecule has 1 aromatic rings. The molecule has 2 N–H and O–H groups in total. The second kappa shape index (κ2) is 6.92. The van der Waals surface area contributed by atoms with E-state index in [4.69, 9.17) is 4.74 Å². The van der Waals surface area contributed by atoms with E-state index >= 15 is 0 Å². The van der Waals surface area contributed by atoms with Crippen LogP contribution in [0.1, 0.15) is 25.3 Å². The van der Waals surface area contributed by atoms with E-state index in [1.54, 1.807) is 12.1 Å². The van der Waals surface area contributed by atoms with Gasteiger partial charge in [-0.2, -0.15) is 0 Å². The molecule has 0 amide bonds. The van der Waals surface area contributed by atoms with E-state index in [-0.39, 0.29) is 11.7 Å². The quantitative estimate of drug-likeness (QED) is 0.507. The summed E-state index contributed by atoms with van der Waals surface area (Å²) in [6.07, 6.45) is 1.71. The van der Waals surface area contributed by atoms with Gasteiger partial charge in [-0.1, -0.05) is 12.1 Å². The molecule has 112 valence electrons. The highest BCUT2D eigenvalue weighted by Crippen LogP contribution is 2.20. The fourth-order valence-corrected chi connectivity index (χ4v) is 2.18. The third-order valence-corrected chi connectivity index (χ3v) is 3.17. The van der Waals surface area contributed by atoms with Gasteiger partial charge in [0.2, 0.25) is 0 Å². The van der Waals surface area contributed by atoms with Gasteiger partial charge in [-0.25, -0.2) is 4.39 Å². The molecule has 0 fully saturated rings. The first-order valence-corrected chi connectivity index (χ1v) is 6.83. The van der Waals surface area contributed by atoms with E-state index in [0.717, 1.165) is 29.7 Å². The van der Waals surface area contributed by atoms with Gasteiger partial charge in [0, 0.05) is 5.57 Å². The lowest BCUT2D eigenvalue weighted by molar-refractivity contribution is 0.192.